The monoisotopic (exact) mass is 230 g/mol. The van der Waals surface area contributed by atoms with Crippen LogP contribution in [-0.4, -0.2) is 0 Å². The Labute approximate surface area is 98.2 Å². The van der Waals surface area contributed by atoms with Gasteiger partial charge in [0.1, 0.15) is 0 Å². The molecule has 0 unspecified atom stereocenters. The Kier molecular flexibility index (Phi) is 2.47. The Hall–Kier alpha value is -0.860. The van der Waals surface area contributed by atoms with Crippen LogP contribution >= 0.6 is 23.5 Å². The average molecular weight is 230 g/mol. The van der Waals surface area contributed by atoms with Crippen molar-refractivity contribution >= 4 is 23.5 Å². The first kappa shape index (κ1) is 9.37. The summed E-state index contributed by atoms with van der Waals surface area (Å²) in [4.78, 5) is 5.55. The molecule has 1 heterocycles. The molecule has 0 nitrogen and oxygen atoms in total. The van der Waals surface area contributed by atoms with Crippen LogP contribution in [0.2, 0.25) is 0 Å². The fourth-order valence-electron chi connectivity index (χ4n) is 1.62. The van der Waals surface area contributed by atoms with Crippen molar-refractivity contribution in [2.75, 3.05) is 0 Å². The van der Waals surface area contributed by atoms with Gasteiger partial charge >= 0.3 is 0 Å². The van der Waals surface area contributed by atoms with Gasteiger partial charge in [-0.15, -0.1) is 0 Å². The summed E-state index contributed by atoms with van der Waals surface area (Å²) < 4.78 is 0. The second-order valence-corrected chi connectivity index (χ2v) is 5.58. The smallest absolute Gasteiger partial charge is 0.0262 e. The number of benzene rings is 1. The van der Waals surface area contributed by atoms with Crippen molar-refractivity contribution in [1.29, 1.82) is 0 Å². The summed E-state index contributed by atoms with van der Waals surface area (Å²) in [6, 6.07) is 8.60. The van der Waals surface area contributed by atoms with Crippen LogP contribution in [0.5, 0.6) is 0 Å². The number of fused-ring (bicyclic) bond motifs is 2. The van der Waals surface area contributed by atoms with Gasteiger partial charge in [0.15, 0.2) is 0 Å². The van der Waals surface area contributed by atoms with Gasteiger partial charge in [-0.25, -0.2) is 0 Å². The number of hydrogen-bond acceptors (Lipinski definition) is 2. The second kappa shape index (κ2) is 3.95. The van der Waals surface area contributed by atoms with Crippen LogP contribution in [0.15, 0.2) is 68.2 Å². The van der Waals surface area contributed by atoms with E-state index in [0.29, 0.717) is 0 Å². The largest absolute Gasteiger partial charge is 0.0880 e. The number of hydrogen-bond donors (Lipinski definition) is 0. The third-order valence-electron chi connectivity index (χ3n) is 2.35. The molecule has 15 heavy (non-hydrogen) atoms. The zero-order valence-corrected chi connectivity index (χ0v) is 9.78. The molecule has 0 radical (unpaired) electrons. The Bertz CT molecular complexity index is 481. The first-order valence-corrected chi connectivity index (χ1v) is 6.59. The first-order valence-electron chi connectivity index (χ1n) is 4.95. The number of thioether (sulfide) groups is 2. The lowest BCUT2D eigenvalue weighted by Crippen LogP contribution is -1.90. The zero-order chi connectivity index (χ0) is 10.1. The van der Waals surface area contributed by atoms with E-state index < -0.39 is 0 Å². The Morgan fingerprint density at radius 3 is 2.47 bits per heavy atom. The zero-order valence-electron chi connectivity index (χ0n) is 8.14. The Morgan fingerprint density at radius 2 is 1.67 bits per heavy atom. The molecule has 74 valence electrons. The van der Waals surface area contributed by atoms with Crippen molar-refractivity contribution < 1.29 is 0 Å². The van der Waals surface area contributed by atoms with Crippen LogP contribution in [0.25, 0.3) is 0 Å². The number of rotatable bonds is 0. The molecule has 0 bridgehead atoms. The van der Waals surface area contributed by atoms with E-state index in [0.717, 1.165) is 6.42 Å². The van der Waals surface area contributed by atoms with E-state index in [9.17, 15) is 0 Å². The highest BCUT2D eigenvalue weighted by Crippen LogP contribution is 2.50. The Morgan fingerprint density at radius 1 is 0.933 bits per heavy atom. The van der Waals surface area contributed by atoms with Gasteiger partial charge in [0.25, 0.3) is 0 Å². The topological polar surface area (TPSA) is 0 Å². The lowest BCUT2D eigenvalue weighted by atomic mass is 10.4. The minimum atomic E-state index is 1.05. The van der Waals surface area contributed by atoms with Crippen molar-refractivity contribution in [3.8, 4) is 0 Å². The molecular formula is C13H10S2. The van der Waals surface area contributed by atoms with Gasteiger partial charge in [0.2, 0.25) is 0 Å². The minimum Gasteiger partial charge on any atom is -0.0880 e. The van der Waals surface area contributed by atoms with Gasteiger partial charge in [-0.2, -0.15) is 0 Å². The molecule has 0 N–H and O–H groups in total. The fraction of sp³-hybridized carbons (Fsp3) is 0.0769. The van der Waals surface area contributed by atoms with E-state index in [-0.39, 0.29) is 0 Å². The highest BCUT2D eigenvalue weighted by molar-refractivity contribution is 8.11. The van der Waals surface area contributed by atoms with Gasteiger partial charge < -0.3 is 0 Å². The predicted octanol–water partition coefficient (Wildman–Crippen LogP) is 4.61. The van der Waals surface area contributed by atoms with Crippen LogP contribution in [0, 0.1) is 0 Å². The van der Waals surface area contributed by atoms with Crippen LogP contribution in [0.3, 0.4) is 0 Å². The molecule has 0 aromatic heterocycles. The summed E-state index contributed by atoms with van der Waals surface area (Å²) in [5.74, 6) is 0. The van der Waals surface area contributed by atoms with Crippen molar-refractivity contribution in [2.45, 2.75) is 16.2 Å². The molecule has 0 atom stereocenters. The van der Waals surface area contributed by atoms with Crippen molar-refractivity contribution in [3.05, 3.63) is 58.4 Å². The standard InChI is InChI=1S/C13H10S2/c1-2-6-10-11(7-3-1)15-13-9-5-4-8-12(13)14-10/h1-2,4-9H,3H2. The summed E-state index contributed by atoms with van der Waals surface area (Å²) in [5.41, 5.74) is 0. The molecule has 1 aromatic rings. The van der Waals surface area contributed by atoms with Gasteiger partial charge in [-0.1, -0.05) is 53.9 Å². The predicted molar refractivity (Wildman–Crippen MR) is 68.1 cm³/mol. The maximum atomic E-state index is 2.31. The third kappa shape index (κ3) is 1.80. The summed E-state index contributed by atoms with van der Waals surface area (Å²) in [5, 5.41) is 0. The maximum absolute atomic E-state index is 2.31. The maximum Gasteiger partial charge on any atom is 0.0262 e. The van der Waals surface area contributed by atoms with Crippen molar-refractivity contribution in [2.24, 2.45) is 0 Å². The molecule has 1 aromatic carbocycles. The third-order valence-corrected chi connectivity index (χ3v) is 4.95. The van der Waals surface area contributed by atoms with Gasteiger partial charge in [-0.3, -0.25) is 0 Å². The van der Waals surface area contributed by atoms with Gasteiger partial charge in [0.05, 0.1) is 0 Å². The Balaban J connectivity index is 2.07. The molecule has 2 aliphatic rings. The summed E-state index contributed by atoms with van der Waals surface area (Å²) >= 11 is 3.76. The lowest BCUT2D eigenvalue weighted by molar-refractivity contribution is 1.25. The molecule has 1 aliphatic heterocycles. The molecular weight excluding hydrogens is 220 g/mol. The van der Waals surface area contributed by atoms with E-state index in [1.165, 1.54) is 19.6 Å². The van der Waals surface area contributed by atoms with Crippen molar-refractivity contribution in [3.63, 3.8) is 0 Å². The second-order valence-electron chi connectivity index (χ2n) is 3.41. The van der Waals surface area contributed by atoms with Gasteiger partial charge in [-0.05, 0) is 24.6 Å². The average Bonchev–Trinajstić information content (AvgIpc) is 2.50. The quantitative estimate of drug-likeness (QED) is 0.638. The molecule has 0 saturated carbocycles. The van der Waals surface area contributed by atoms with Crippen LogP contribution < -0.4 is 0 Å². The minimum absolute atomic E-state index is 1.05. The lowest BCUT2D eigenvalue weighted by Gasteiger charge is -2.19. The number of allylic oxidation sites excluding steroid dienone is 4. The molecule has 0 saturated heterocycles. The molecule has 0 amide bonds. The van der Waals surface area contributed by atoms with E-state index in [1.54, 1.807) is 0 Å². The summed E-state index contributed by atoms with van der Waals surface area (Å²) in [6.45, 7) is 0. The summed E-state index contributed by atoms with van der Waals surface area (Å²) in [6.07, 6.45) is 9.92. The molecule has 1 aliphatic carbocycles. The van der Waals surface area contributed by atoms with Gasteiger partial charge in [0, 0.05) is 19.6 Å². The van der Waals surface area contributed by atoms with Crippen LogP contribution in [0.1, 0.15) is 6.42 Å². The van der Waals surface area contributed by atoms with E-state index in [1.807, 2.05) is 23.5 Å². The molecule has 0 fully saturated rings. The molecule has 3 rings (SSSR count). The fourth-order valence-corrected chi connectivity index (χ4v) is 3.91. The van der Waals surface area contributed by atoms with E-state index >= 15 is 0 Å². The normalized spacial score (nSPS) is 18.4. The molecule has 0 spiro atoms. The molecule has 2 heteroatoms. The van der Waals surface area contributed by atoms with Crippen molar-refractivity contribution in [1.82, 2.24) is 0 Å². The van der Waals surface area contributed by atoms with Crippen LogP contribution in [-0.2, 0) is 0 Å². The van der Waals surface area contributed by atoms with Crippen LogP contribution in [0.4, 0.5) is 0 Å². The highest BCUT2D eigenvalue weighted by atomic mass is 32.2. The highest BCUT2D eigenvalue weighted by Gasteiger charge is 2.18. The summed E-state index contributed by atoms with van der Waals surface area (Å²) in [7, 11) is 0. The SMILES string of the molecule is C1=CCC=C2Sc3ccccc3SC2=C1. The van der Waals surface area contributed by atoms with E-state index in [2.05, 4.69) is 48.6 Å². The first-order chi connectivity index (χ1) is 7.43. The van der Waals surface area contributed by atoms with E-state index in [4.69, 9.17) is 0 Å².